The molecule has 1 aliphatic carbocycles. The van der Waals surface area contributed by atoms with Crippen molar-refractivity contribution in [3.63, 3.8) is 0 Å². The van der Waals surface area contributed by atoms with E-state index in [-0.39, 0.29) is 25.7 Å². The van der Waals surface area contributed by atoms with Crippen molar-refractivity contribution in [1.82, 2.24) is 0 Å². The summed E-state index contributed by atoms with van der Waals surface area (Å²) in [4.78, 5) is 23.7. The van der Waals surface area contributed by atoms with Crippen molar-refractivity contribution in [3.8, 4) is 11.1 Å². The minimum absolute atomic E-state index is 0.169. The second kappa shape index (κ2) is 13.6. The first-order valence-corrected chi connectivity index (χ1v) is 14.7. The zero-order valence-electron chi connectivity index (χ0n) is 24.5. The van der Waals surface area contributed by atoms with Crippen molar-refractivity contribution in [2.24, 2.45) is 0 Å². The highest BCUT2D eigenvalue weighted by Gasteiger charge is 2.43. The van der Waals surface area contributed by atoms with Crippen LogP contribution in [0, 0.1) is 0 Å². The minimum Gasteiger partial charge on any atom is -0.481 e. The van der Waals surface area contributed by atoms with Gasteiger partial charge in [0.1, 0.15) is 0 Å². The Balaban J connectivity index is 1.53. The Morgan fingerprint density at radius 3 is 1.38 bits per heavy atom. The van der Waals surface area contributed by atoms with E-state index >= 15 is 0 Å². The van der Waals surface area contributed by atoms with E-state index < -0.39 is 31.6 Å². The third-order valence-electron chi connectivity index (χ3n) is 8.52. The zero-order chi connectivity index (χ0) is 32.1. The van der Waals surface area contributed by atoms with Crippen LogP contribution in [0.3, 0.4) is 0 Å². The number of anilines is 2. The maximum atomic E-state index is 11.9. The van der Waals surface area contributed by atoms with Crippen molar-refractivity contribution >= 4 is 48.5 Å². The average molecular weight is 608 g/mol. The Morgan fingerprint density at radius 1 is 0.600 bits per heavy atom. The highest BCUT2D eigenvalue weighted by atomic mass is 16.4. The molecule has 0 atom stereocenters. The molecule has 5 rings (SSSR count). The molecule has 0 aromatic heterocycles. The molecule has 10 nitrogen and oxygen atoms in total. The molecule has 0 radical (unpaired) electrons. The fourth-order valence-electron chi connectivity index (χ4n) is 6.31. The monoisotopic (exact) mass is 608 g/mol. The van der Waals surface area contributed by atoms with Gasteiger partial charge in [-0.3, -0.25) is 9.59 Å². The van der Waals surface area contributed by atoms with Gasteiger partial charge in [0.25, 0.3) is 0 Å². The van der Waals surface area contributed by atoms with E-state index in [1.54, 1.807) is 48.5 Å². The lowest BCUT2D eigenvalue weighted by Crippen LogP contribution is -2.33. The van der Waals surface area contributed by atoms with Crippen molar-refractivity contribution in [2.45, 2.75) is 44.2 Å². The van der Waals surface area contributed by atoms with E-state index in [4.69, 9.17) is 0 Å². The third-order valence-corrected chi connectivity index (χ3v) is 8.52. The molecule has 4 aromatic rings. The molecule has 0 saturated heterocycles. The van der Waals surface area contributed by atoms with Crippen LogP contribution in [0.1, 0.15) is 47.9 Å². The predicted octanol–water partition coefficient (Wildman–Crippen LogP) is 2.27. The molecule has 4 aromatic carbocycles. The molecular formula is C33H34B2N2O8. The van der Waals surface area contributed by atoms with Gasteiger partial charge in [0.2, 0.25) is 0 Å². The van der Waals surface area contributed by atoms with Gasteiger partial charge in [0.05, 0.1) is 0 Å². The van der Waals surface area contributed by atoms with Gasteiger partial charge < -0.3 is 40.9 Å². The van der Waals surface area contributed by atoms with Gasteiger partial charge in [0, 0.05) is 42.7 Å². The number of rotatable bonds is 14. The van der Waals surface area contributed by atoms with Crippen molar-refractivity contribution in [3.05, 3.63) is 107 Å². The van der Waals surface area contributed by atoms with Crippen LogP contribution in [-0.2, 0) is 28.1 Å². The summed E-state index contributed by atoms with van der Waals surface area (Å²) in [6.07, 6.45) is 0.0257. The van der Waals surface area contributed by atoms with Crippen LogP contribution in [0.2, 0.25) is 0 Å². The molecule has 0 unspecified atom stereocenters. The molecule has 0 fully saturated rings. The summed E-state index contributed by atoms with van der Waals surface area (Å²) in [5, 5.41) is 65.2. The first-order valence-electron chi connectivity index (χ1n) is 14.7. The first kappa shape index (κ1) is 31.8. The van der Waals surface area contributed by atoms with E-state index in [0.717, 1.165) is 33.6 Å². The molecule has 0 heterocycles. The topological polar surface area (TPSA) is 180 Å². The van der Waals surface area contributed by atoms with Crippen LogP contribution in [0.25, 0.3) is 11.1 Å². The molecule has 230 valence electrons. The lowest BCUT2D eigenvalue weighted by molar-refractivity contribution is -0.137. The number of carbonyl (C=O) groups is 2. The summed E-state index contributed by atoms with van der Waals surface area (Å²) in [5.41, 5.74) is 6.12. The Labute approximate surface area is 261 Å². The summed E-state index contributed by atoms with van der Waals surface area (Å²) in [6, 6.07) is 25.5. The summed E-state index contributed by atoms with van der Waals surface area (Å²) in [6.45, 7) is 0.601. The predicted molar refractivity (Wildman–Crippen MR) is 174 cm³/mol. The van der Waals surface area contributed by atoms with Gasteiger partial charge in [-0.05, 0) is 81.4 Å². The molecule has 0 amide bonds. The van der Waals surface area contributed by atoms with Crippen molar-refractivity contribution < 1.29 is 39.9 Å². The summed E-state index contributed by atoms with van der Waals surface area (Å²) in [7, 11) is -3.25. The second-order valence-corrected chi connectivity index (χ2v) is 11.2. The van der Waals surface area contributed by atoms with Crippen LogP contribution in [0.5, 0.6) is 0 Å². The number of hydrogen-bond donors (Lipinski definition) is 8. The number of benzene rings is 4. The molecule has 1 aliphatic rings. The molecule has 45 heavy (non-hydrogen) atoms. The zero-order valence-corrected chi connectivity index (χ0v) is 24.5. The maximum absolute atomic E-state index is 11.9. The fraction of sp³-hybridized carbons (Fsp3) is 0.212. The van der Waals surface area contributed by atoms with E-state index in [1.165, 1.54) is 0 Å². The molecular weight excluding hydrogens is 574 g/mol. The highest BCUT2D eigenvalue weighted by Crippen LogP contribution is 2.55. The van der Waals surface area contributed by atoms with E-state index in [1.807, 2.05) is 36.4 Å². The smallest absolute Gasteiger partial charge is 0.481 e. The van der Waals surface area contributed by atoms with Crippen molar-refractivity contribution in [1.29, 1.82) is 0 Å². The van der Waals surface area contributed by atoms with Crippen LogP contribution >= 0.6 is 0 Å². The number of carboxylic acid groups (broad SMARTS) is 2. The molecule has 0 bridgehead atoms. The SMILES string of the molecule is O=C(O)CCC1(CCC(=O)O)c2cc(NCc3ccccc3B(O)O)ccc2-c2ccc(NCc3ccccc3B(O)O)cc21. The number of fused-ring (bicyclic) bond motifs is 3. The number of carboxylic acids is 2. The lowest BCUT2D eigenvalue weighted by Gasteiger charge is -2.32. The van der Waals surface area contributed by atoms with E-state index in [9.17, 15) is 39.9 Å². The maximum Gasteiger partial charge on any atom is 0.488 e. The van der Waals surface area contributed by atoms with Crippen LogP contribution < -0.4 is 21.6 Å². The van der Waals surface area contributed by atoms with E-state index in [0.29, 0.717) is 35.1 Å². The second-order valence-electron chi connectivity index (χ2n) is 11.2. The average Bonchev–Trinajstić information content (AvgIpc) is 3.29. The quantitative estimate of drug-likeness (QED) is 0.0991. The Hall–Kier alpha value is -4.61. The molecule has 0 saturated carbocycles. The summed E-state index contributed by atoms with van der Waals surface area (Å²) in [5.74, 6) is -1.97. The lowest BCUT2D eigenvalue weighted by atomic mass is 9.71. The van der Waals surface area contributed by atoms with Gasteiger partial charge >= 0.3 is 26.2 Å². The number of hydrogen-bond acceptors (Lipinski definition) is 8. The normalized spacial score (nSPS) is 12.6. The largest absolute Gasteiger partial charge is 0.488 e. The molecule has 0 spiro atoms. The fourth-order valence-corrected chi connectivity index (χ4v) is 6.31. The Bertz CT molecular complexity index is 1590. The highest BCUT2D eigenvalue weighted by molar-refractivity contribution is 6.59. The molecule has 0 aliphatic heterocycles. The van der Waals surface area contributed by atoms with Gasteiger partial charge in [-0.25, -0.2) is 0 Å². The van der Waals surface area contributed by atoms with Gasteiger partial charge in [-0.15, -0.1) is 0 Å². The van der Waals surface area contributed by atoms with Gasteiger partial charge in [-0.2, -0.15) is 0 Å². The van der Waals surface area contributed by atoms with Crippen molar-refractivity contribution in [2.75, 3.05) is 10.6 Å². The number of nitrogens with one attached hydrogen (secondary N) is 2. The molecule has 8 N–H and O–H groups in total. The standard InChI is InChI=1S/C33H34B2N2O8/c38-31(39)13-15-33(16-14-32(40)41)27-17-23(36-19-21-5-1-3-7-29(21)34(42)43)9-11-25(27)26-12-10-24(18-28(26)33)37-20-22-6-2-4-8-30(22)35(44)45/h1-12,17-18,36-37,42-45H,13-16,19-20H2,(H,38,39)(H,40,41). The minimum atomic E-state index is -1.62. The Kier molecular flexibility index (Phi) is 9.60. The van der Waals surface area contributed by atoms with E-state index in [2.05, 4.69) is 10.6 Å². The van der Waals surface area contributed by atoms with Crippen LogP contribution in [0.4, 0.5) is 11.4 Å². The van der Waals surface area contributed by atoms with Crippen LogP contribution in [-0.4, -0.2) is 56.5 Å². The summed E-state index contributed by atoms with van der Waals surface area (Å²) >= 11 is 0. The third kappa shape index (κ3) is 6.89. The number of aliphatic carboxylic acids is 2. The van der Waals surface area contributed by atoms with Gasteiger partial charge in [-0.1, -0.05) is 60.7 Å². The molecule has 12 heteroatoms. The van der Waals surface area contributed by atoms with Crippen LogP contribution in [0.15, 0.2) is 84.9 Å². The van der Waals surface area contributed by atoms with Gasteiger partial charge in [0.15, 0.2) is 0 Å². The first-order chi connectivity index (χ1) is 21.6. The Morgan fingerprint density at radius 2 is 1.00 bits per heavy atom. The summed E-state index contributed by atoms with van der Waals surface area (Å²) < 4.78 is 0.